The number of primary sulfonamides is 1. The molecule has 0 unspecified atom stereocenters. The summed E-state index contributed by atoms with van der Waals surface area (Å²) in [6, 6.07) is 11.0. The van der Waals surface area contributed by atoms with Crippen LogP contribution in [0.15, 0.2) is 48.8 Å². The van der Waals surface area contributed by atoms with Gasteiger partial charge in [-0.15, -0.1) is 0 Å². The van der Waals surface area contributed by atoms with E-state index in [9.17, 15) is 8.42 Å². The van der Waals surface area contributed by atoms with Crippen molar-refractivity contribution in [2.75, 3.05) is 13.2 Å². The Morgan fingerprint density at radius 1 is 1.00 bits per heavy atom. The number of hydrogen-bond acceptors (Lipinski definition) is 5. The number of sulfonamides is 1. The van der Waals surface area contributed by atoms with Crippen molar-refractivity contribution >= 4 is 10.0 Å². The van der Waals surface area contributed by atoms with E-state index in [1.807, 2.05) is 24.3 Å². The zero-order chi connectivity index (χ0) is 18.7. The van der Waals surface area contributed by atoms with Gasteiger partial charge in [-0.3, -0.25) is 4.98 Å². The Balaban J connectivity index is 0.000000219. The van der Waals surface area contributed by atoms with Gasteiger partial charge in [-0.25, -0.2) is 13.6 Å². The monoisotopic (exact) mass is 366 g/mol. The zero-order valence-electron chi connectivity index (χ0n) is 14.6. The number of pyridine rings is 1. The molecular weight excluding hydrogens is 340 g/mol. The molecule has 0 bridgehead atoms. The Labute approximate surface area is 149 Å². The Morgan fingerprint density at radius 2 is 1.44 bits per heavy atom. The molecule has 1 aromatic heterocycles. The van der Waals surface area contributed by atoms with E-state index in [4.69, 9.17) is 9.84 Å². The summed E-state index contributed by atoms with van der Waals surface area (Å²) in [6.45, 7) is 5.07. The predicted molar refractivity (Wildman–Crippen MR) is 99.6 cm³/mol. The summed E-state index contributed by atoms with van der Waals surface area (Å²) >= 11 is 0. The molecule has 3 N–H and O–H groups in total. The largest absolute Gasteiger partial charge is 0.508 e. The Bertz CT molecular complexity index is 690. The number of ether oxygens (including phenoxy) is 1. The number of phenolic OH excluding ortho intramolecular Hbond substituents is 1. The van der Waals surface area contributed by atoms with Gasteiger partial charge in [-0.2, -0.15) is 0 Å². The minimum atomic E-state index is -3.24. The van der Waals surface area contributed by atoms with Gasteiger partial charge in [-0.1, -0.05) is 12.1 Å². The second-order valence-corrected chi connectivity index (χ2v) is 7.86. The van der Waals surface area contributed by atoms with Gasteiger partial charge in [0.25, 0.3) is 0 Å². The molecule has 1 fully saturated rings. The average Bonchev–Trinajstić information content (AvgIpc) is 3.16. The van der Waals surface area contributed by atoms with E-state index in [2.05, 4.69) is 10.1 Å². The highest BCUT2D eigenvalue weighted by molar-refractivity contribution is 7.89. The Morgan fingerprint density at radius 3 is 1.80 bits per heavy atom. The lowest BCUT2D eigenvalue weighted by atomic mass is 10.1. The highest BCUT2D eigenvalue weighted by Crippen LogP contribution is 2.20. The molecule has 7 heteroatoms. The van der Waals surface area contributed by atoms with E-state index in [1.54, 1.807) is 24.5 Å². The second kappa shape index (κ2) is 10.8. The van der Waals surface area contributed by atoms with Crippen LogP contribution in [0.4, 0.5) is 0 Å². The van der Waals surface area contributed by atoms with E-state index >= 15 is 0 Å². The quantitative estimate of drug-likeness (QED) is 0.851. The lowest BCUT2D eigenvalue weighted by Gasteiger charge is -1.99. The average molecular weight is 366 g/mol. The first-order valence-corrected chi connectivity index (χ1v) is 9.70. The van der Waals surface area contributed by atoms with Gasteiger partial charge < -0.3 is 9.84 Å². The summed E-state index contributed by atoms with van der Waals surface area (Å²) in [4.78, 5) is 3.94. The molecule has 0 spiro atoms. The van der Waals surface area contributed by atoms with Gasteiger partial charge in [0.15, 0.2) is 0 Å². The third kappa shape index (κ3) is 9.19. The van der Waals surface area contributed by atoms with Crippen LogP contribution in [0.1, 0.15) is 26.7 Å². The fourth-order valence-corrected chi connectivity index (χ4v) is 1.71. The van der Waals surface area contributed by atoms with Crippen molar-refractivity contribution in [3.05, 3.63) is 48.8 Å². The Kier molecular flexibility index (Phi) is 9.12. The fourth-order valence-electron chi connectivity index (χ4n) is 1.71. The number of nitrogens with two attached hydrogens (primary N) is 1. The van der Waals surface area contributed by atoms with Crippen LogP contribution >= 0.6 is 0 Å². The lowest BCUT2D eigenvalue weighted by Crippen LogP contribution is -2.22. The number of nitrogens with zero attached hydrogens (tertiary/aromatic N) is 1. The van der Waals surface area contributed by atoms with Crippen LogP contribution < -0.4 is 5.14 Å². The van der Waals surface area contributed by atoms with Crippen LogP contribution in [0.3, 0.4) is 0 Å². The summed E-state index contributed by atoms with van der Waals surface area (Å²) in [6.07, 6.45) is 6.06. The first-order chi connectivity index (χ1) is 11.8. The summed E-state index contributed by atoms with van der Waals surface area (Å²) in [7, 11) is -3.24. The number of phenols is 1. The molecule has 1 saturated heterocycles. The van der Waals surface area contributed by atoms with Crippen LogP contribution in [0.25, 0.3) is 11.1 Å². The minimum absolute atomic E-state index is 0.290. The summed E-state index contributed by atoms with van der Waals surface area (Å²) in [5, 5.41) is 13.3. The van der Waals surface area contributed by atoms with Gasteiger partial charge in [0.1, 0.15) is 5.75 Å². The number of aromatic hydroxyl groups is 1. The molecule has 6 nitrogen and oxygen atoms in total. The number of hydrogen-bond donors (Lipinski definition) is 2. The highest BCUT2D eigenvalue weighted by Gasteiger charge is 2.06. The summed E-state index contributed by atoms with van der Waals surface area (Å²) in [5.74, 6) is 0.290. The van der Waals surface area contributed by atoms with Crippen molar-refractivity contribution in [1.29, 1.82) is 0 Å². The van der Waals surface area contributed by atoms with E-state index in [0.717, 1.165) is 24.3 Å². The summed E-state index contributed by atoms with van der Waals surface area (Å²) in [5.41, 5.74) is 2.19. The van der Waals surface area contributed by atoms with Crippen LogP contribution in [-0.2, 0) is 14.8 Å². The molecule has 0 amide bonds. The van der Waals surface area contributed by atoms with Crippen molar-refractivity contribution in [3.63, 3.8) is 0 Å². The molecule has 3 rings (SSSR count). The maximum absolute atomic E-state index is 10.1. The smallest absolute Gasteiger partial charge is 0.211 e. The molecule has 1 aliphatic heterocycles. The van der Waals surface area contributed by atoms with Crippen LogP contribution in [0, 0.1) is 0 Å². The number of rotatable bonds is 2. The van der Waals surface area contributed by atoms with E-state index < -0.39 is 15.3 Å². The van der Waals surface area contributed by atoms with Crippen molar-refractivity contribution in [3.8, 4) is 16.9 Å². The molecule has 0 radical (unpaired) electrons. The molecule has 138 valence electrons. The first kappa shape index (κ1) is 21.1. The highest BCUT2D eigenvalue weighted by atomic mass is 32.2. The molecule has 0 aliphatic carbocycles. The standard InChI is InChI=1S/C11H9NO.C4H8O.C3H9NO2S/c13-11-3-1-9(2-4-11)10-5-7-12-8-6-10;1-2-4-5-3-1;1-3(2)7(4,5)6/h1-8,13H;1-4H2;3H,1-2H3,(H2,4,5,6). The first-order valence-electron chi connectivity index (χ1n) is 8.09. The van der Waals surface area contributed by atoms with Crippen LogP contribution in [0.5, 0.6) is 5.75 Å². The van der Waals surface area contributed by atoms with E-state index in [-0.39, 0.29) is 5.75 Å². The maximum atomic E-state index is 10.1. The van der Waals surface area contributed by atoms with Gasteiger partial charge in [0.2, 0.25) is 10.0 Å². The Hall–Kier alpha value is -1.96. The van der Waals surface area contributed by atoms with Crippen molar-refractivity contribution in [2.24, 2.45) is 5.14 Å². The van der Waals surface area contributed by atoms with Gasteiger partial charge in [-0.05, 0) is 62.1 Å². The SMILES string of the molecule is C1CCOC1.CC(C)S(N)(=O)=O.Oc1ccc(-c2ccncc2)cc1. The molecular formula is C18H26N2O4S. The van der Waals surface area contributed by atoms with E-state index in [1.165, 1.54) is 26.7 Å². The van der Waals surface area contributed by atoms with Gasteiger partial charge in [0.05, 0.1) is 5.25 Å². The molecule has 2 heterocycles. The third-order valence-corrected chi connectivity index (χ3v) is 4.68. The van der Waals surface area contributed by atoms with Crippen molar-refractivity contribution in [1.82, 2.24) is 4.98 Å². The molecule has 1 aromatic carbocycles. The van der Waals surface area contributed by atoms with Crippen molar-refractivity contribution < 1.29 is 18.3 Å². The lowest BCUT2D eigenvalue weighted by molar-refractivity contribution is 0.198. The second-order valence-electron chi connectivity index (χ2n) is 5.74. The number of benzene rings is 1. The molecule has 1 aliphatic rings. The molecule has 0 atom stereocenters. The van der Waals surface area contributed by atoms with Gasteiger partial charge >= 0.3 is 0 Å². The third-order valence-electron chi connectivity index (χ3n) is 3.37. The fraction of sp³-hybridized carbons (Fsp3) is 0.389. The summed E-state index contributed by atoms with van der Waals surface area (Å²) < 4.78 is 25.2. The molecule has 2 aromatic rings. The normalized spacial score (nSPS) is 13.4. The maximum Gasteiger partial charge on any atom is 0.211 e. The molecule has 0 saturated carbocycles. The van der Waals surface area contributed by atoms with E-state index in [0.29, 0.717) is 0 Å². The van der Waals surface area contributed by atoms with Gasteiger partial charge in [0, 0.05) is 25.6 Å². The van der Waals surface area contributed by atoms with Crippen LogP contribution in [0.2, 0.25) is 0 Å². The zero-order valence-corrected chi connectivity index (χ0v) is 15.4. The number of aromatic nitrogens is 1. The minimum Gasteiger partial charge on any atom is -0.508 e. The van der Waals surface area contributed by atoms with Crippen molar-refractivity contribution in [2.45, 2.75) is 31.9 Å². The topological polar surface area (TPSA) is 103 Å². The molecule has 25 heavy (non-hydrogen) atoms. The predicted octanol–water partition coefficient (Wildman–Crippen LogP) is 2.93. The van der Waals surface area contributed by atoms with Crippen LogP contribution in [-0.4, -0.2) is 37.0 Å².